The molecule has 0 unspecified atom stereocenters. The molecule has 0 radical (unpaired) electrons. The van der Waals surface area contributed by atoms with Crippen LogP contribution in [0.15, 0.2) is 48.5 Å². The molecule has 1 aliphatic rings. The average Bonchev–Trinajstić information content (AvgIpc) is 2.92. The molecule has 0 atom stereocenters. The van der Waals surface area contributed by atoms with Crippen LogP contribution >= 0.6 is 23.2 Å². The monoisotopic (exact) mass is 692 g/mol. The second kappa shape index (κ2) is 17.6. The predicted octanol–water partition coefficient (Wildman–Crippen LogP) is 0.0324. The van der Waals surface area contributed by atoms with Crippen molar-refractivity contribution in [3.05, 3.63) is 69.7 Å². The molecule has 3 rings (SSSR count). The van der Waals surface area contributed by atoms with Gasteiger partial charge in [-0.1, -0.05) is 59.6 Å². The van der Waals surface area contributed by atoms with Gasteiger partial charge < -0.3 is 42.9 Å². The number of quaternary nitrogens is 2. The lowest BCUT2D eigenvalue weighted by Gasteiger charge is -2.42. The Morgan fingerprint density at radius 2 is 0.895 bits per heavy atom. The Labute approximate surface area is 263 Å². The molecule has 216 valence electrons. The number of hydrogen-bond acceptors (Lipinski definition) is 2. The van der Waals surface area contributed by atoms with Crippen molar-refractivity contribution in [2.45, 2.75) is 40.8 Å². The van der Waals surface area contributed by atoms with Gasteiger partial charge in [-0.2, -0.15) is 0 Å². The largest absolute Gasteiger partial charge is 1.00 e. The third kappa shape index (κ3) is 10.0. The van der Waals surface area contributed by atoms with Crippen LogP contribution in [0.1, 0.15) is 38.8 Å². The van der Waals surface area contributed by atoms with Crippen molar-refractivity contribution < 1.29 is 42.9 Å². The van der Waals surface area contributed by atoms with E-state index in [1.54, 1.807) is 0 Å². The Bertz CT molecular complexity index is 854. The van der Waals surface area contributed by atoms with E-state index >= 15 is 0 Å². The molecule has 0 spiro atoms. The minimum atomic E-state index is 0. The smallest absolute Gasteiger partial charge is 0.106 e. The third-order valence-corrected chi connectivity index (χ3v) is 9.59. The maximum Gasteiger partial charge on any atom is 0.106 e. The second-order valence-electron chi connectivity index (χ2n) is 10.6. The van der Waals surface area contributed by atoms with Gasteiger partial charge in [0.25, 0.3) is 0 Å². The Morgan fingerprint density at radius 1 is 0.579 bits per heavy atom. The molecule has 0 N–H and O–H groups in total. The molecule has 0 saturated carbocycles. The van der Waals surface area contributed by atoms with Gasteiger partial charge in [-0.3, -0.25) is 9.80 Å². The van der Waals surface area contributed by atoms with Gasteiger partial charge in [-0.05, 0) is 39.8 Å². The molecule has 0 bridgehead atoms. The minimum absolute atomic E-state index is 0. The predicted molar refractivity (Wildman–Crippen MR) is 156 cm³/mol. The number of piperazine rings is 1. The number of benzene rings is 2. The van der Waals surface area contributed by atoms with Gasteiger partial charge in [-0.15, -0.1) is 0 Å². The van der Waals surface area contributed by atoms with Crippen molar-refractivity contribution in [3.8, 4) is 0 Å². The molecule has 0 amide bonds. The fraction of sp³-hybridized carbons (Fsp3) is 0.600. The summed E-state index contributed by atoms with van der Waals surface area (Å²) in [4.78, 5) is 5.35. The van der Waals surface area contributed by atoms with E-state index in [0.717, 1.165) is 71.4 Å². The van der Waals surface area contributed by atoms with Crippen LogP contribution in [0.5, 0.6) is 0 Å². The van der Waals surface area contributed by atoms with Gasteiger partial charge in [0, 0.05) is 60.4 Å². The number of nitrogens with zero attached hydrogens (tertiary/aromatic N) is 4. The summed E-state index contributed by atoms with van der Waals surface area (Å²) in [5, 5.41) is 1.80. The van der Waals surface area contributed by atoms with E-state index in [1.807, 2.05) is 24.3 Å². The Hall–Kier alpha value is -0.180. The maximum absolute atomic E-state index is 6.51. The minimum Gasteiger partial charge on any atom is -1.00 e. The highest BCUT2D eigenvalue weighted by Crippen LogP contribution is 2.23. The van der Waals surface area contributed by atoms with E-state index in [1.165, 1.54) is 50.4 Å². The lowest BCUT2D eigenvalue weighted by atomic mass is 10.1. The highest BCUT2D eigenvalue weighted by atomic mass is 79.9. The molecule has 8 heteroatoms. The zero-order valence-electron chi connectivity index (χ0n) is 23.8. The van der Waals surface area contributed by atoms with Gasteiger partial charge in [0.2, 0.25) is 0 Å². The van der Waals surface area contributed by atoms with Crippen LogP contribution in [-0.4, -0.2) is 97.3 Å². The number of rotatable bonds is 14. The molecule has 0 aromatic heterocycles. The molecule has 1 aliphatic heterocycles. The lowest BCUT2D eigenvalue weighted by molar-refractivity contribution is -0.937. The highest BCUT2D eigenvalue weighted by Gasteiger charge is 2.29. The molecule has 38 heavy (non-hydrogen) atoms. The molecule has 1 heterocycles. The summed E-state index contributed by atoms with van der Waals surface area (Å²) >= 11 is 13.0. The SMILES string of the molecule is CC[N+](CC)(CCN1CCN(CC[N+](CC)(CC)Cc2ccccc2Cl)CC1)Cc1ccccc1Cl.[Br-].[Br-]. The van der Waals surface area contributed by atoms with Gasteiger partial charge >= 0.3 is 0 Å². The van der Waals surface area contributed by atoms with Crippen LogP contribution in [0.2, 0.25) is 10.0 Å². The van der Waals surface area contributed by atoms with E-state index in [0.29, 0.717) is 0 Å². The first-order valence-electron chi connectivity index (χ1n) is 14.0. The van der Waals surface area contributed by atoms with Crippen molar-refractivity contribution in [1.29, 1.82) is 0 Å². The summed E-state index contributed by atoms with van der Waals surface area (Å²) in [6.07, 6.45) is 0. The standard InChI is InChI=1S/C30H48Cl2N4.2BrH/c1-5-35(6-2,25-27-13-9-11-15-29(27)31)23-21-33-17-19-34(20-18-33)22-24-36(7-3,8-4)26-28-14-10-12-16-30(28)32;;/h9-16H,5-8,17-26H2,1-4H3;2*1H/q+2;;/p-2. The summed E-state index contributed by atoms with van der Waals surface area (Å²) in [5.74, 6) is 0. The number of halogens is 4. The number of likely N-dealkylation sites (N-methyl/N-ethyl adjacent to an activating group) is 2. The Morgan fingerprint density at radius 3 is 1.18 bits per heavy atom. The van der Waals surface area contributed by atoms with E-state index in [4.69, 9.17) is 23.2 Å². The van der Waals surface area contributed by atoms with Gasteiger partial charge in [0.1, 0.15) is 13.1 Å². The van der Waals surface area contributed by atoms with E-state index in [9.17, 15) is 0 Å². The summed E-state index contributed by atoms with van der Waals surface area (Å²) in [7, 11) is 0. The van der Waals surface area contributed by atoms with Crippen LogP contribution in [0, 0.1) is 0 Å². The lowest BCUT2D eigenvalue weighted by Crippen LogP contribution is -3.00. The summed E-state index contributed by atoms with van der Waals surface area (Å²) in [6, 6.07) is 16.7. The van der Waals surface area contributed by atoms with Gasteiger partial charge in [0.05, 0.1) is 39.3 Å². The van der Waals surface area contributed by atoms with Crippen LogP contribution < -0.4 is 34.0 Å². The van der Waals surface area contributed by atoms with Gasteiger partial charge in [-0.25, -0.2) is 0 Å². The molecule has 1 saturated heterocycles. The average molecular weight is 695 g/mol. The van der Waals surface area contributed by atoms with E-state index < -0.39 is 0 Å². The normalized spacial score (nSPS) is 15.1. The van der Waals surface area contributed by atoms with Crippen molar-refractivity contribution in [3.63, 3.8) is 0 Å². The highest BCUT2D eigenvalue weighted by molar-refractivity contribution is 6.31. The molecule has 0 aliphatic carbocycles. The van der Waals surface area contributed by atoms with E-state index in [2.05, 4.69) is 61.8 Å². The summed E-state index contributed by atoms with van der Waals surface area (Å²) < 4.78 is 2.19. The van der Waals surface area contributed by atoms with Crippen LogP contribution in [0.4, 0.5) is 0 Å². The van der Waals surface area contributed by atoms with Crippen molar-refractivity contribution in [1.82, 2.24) is 9.80 Å². The molecule has 4 nitrogen and oxygen atoms in total. The Balaban J connectivity index is 0.00000361. The first kappa shape index (κ1) is 35.8. The van der Waals surface area contributed by atoms with Crippen LogP contribution in [-0.2, 0) is 13.1 Å². The van der Waals surface area contributed by atoms with Gasteiger partial charge in [0.15, 0.2) is 0 Å². The molecule has 1 fully saturated rings. The third-order valence-electron chi connectivity index (χ3n) is 8.86. The van der Waals surface area contributed by atoms with Crippen LogP contribution in [0.3, 0.4) is 0 Å². The van der Waals surface area contributed by atoms with Crippen molar-refractivity contribution in [2.24, 2.45) is 0 Å². The zero-order chi connectivity index (χ0) is 26.0. The molecule has 2 aromatic rings. The fourth-order valence-corrected chi connectivity index (χ4v) is 6.00. The summed E-state index contributed by atoms with van der Waals surface area (Å²) in [6.45, 7) is 25.3. The Kier molecular flexibility index (Phi) is 16.6. The molecular formula is C30H48Br2Cl2N4. The molecular weight excluding hydrogens is 647 g/mol. The molecule has 2 aromatic carbocycles. The van der Waals surface area contributed by atoms with Crippen molar-refractivity contribution >= 4 is 23.2 Å². The van der Waals surface area contributed by atoms with Crippen LogP contribution in [0.25, 0.3) is 0 Å². The fourth-order valence-electron chi connectivity index (χ4n) is 5.60. The second-order valence-corrected chi connectivity index (χ2v) is 11.4. The quantitative estimate of drug-likeness (QED) is 0.258. The topological polar surface area (TPSA) is 6.48 Å². The van der Waals surface area contributed by atoms with E-state index in [-0.39, 0.29) is 34.0 Å². The first-order valence-corrected chi connectivity index (χ1v) is 14.8. The zero-order valence-corrected chi connectivity index (χ0v) is 28.5. The number of hydrogen-bond donors (Lipinski definition) is 0. The summed E-state index contributed by atoms with van der Waals surface area (Å²) in [5.41, 5.74) is 2.55. The van der Waals surface area contributed by atoms with Crippen molar-refractivity contribution in [2.75, 3.05) is 78.5 Å². The first-order chi connectivity index (χ1) is 17.4. The maximum atomic E-state index is 6.51.